The zero-order valence-corrected chi connectivity index (χ0v) is 14.0. The molecule has 1 heterocycles. The van der Waals surface area contributed by atoms with Crippen molar-refractivity contribution in [3.63, 3.8) is 0 Å². The second kappa shape index (κ2) is 7.81. The number of nitrogens with zero attached hydrogens (tertiary/aromatic N) is 1. The van der Waals surface area contributed by atoms with E-state index >= 15 is 0 Å². The van der Waals surface area contributed by atoms with Gasteiger partial charge in [-0.15, -0.1) is 0 Å². The largest absolute Gasteiger partial charge is 0.481 e. The molecule has 3 N–H and O–H groups in total. The van der Waals surface area contributed by atoms with Crippen LogP contribution in [0.15, 0.2) is 36.7 Å². The average molecular weight is 357 g/mol. The summed E-state index contributed by atoms with van der Waals surface area (Å²) in [6, 6.07) is 8.39. The van der Waals surface area contributed by atoms with Crippen molar-refractivity contribution in [2.45, 2.75) is 31.7 Å². The molecule has 0 radical (unpaired) electrons. The fourth-order valence-corrected chi connectivity index (χ4v) is 3.01. The summed E-state index contributed by atoms with van der Waals surface area (Å²) >= 11 is 0. The molecule has 1 aliphatic carbocycles. The first-order valence-corrected chi connectivity index (χ1v) is 8.39. The number of nitrogens with one attached hydrogen (secondary N) is 2. The van der Waals surface area contributed by atoms with Crippen molar-refractivity contribution in [3.05, 3.63) is 48.0 Å². The quantitative estimate of drug-likeness (QED) is 0.556. The summed E-state index contributed by atoms with van der Waals surface area (Å²) in [7, 11) is 0. The van der Waals surface area contributed by atoms with E-state index < -0.39 is 17.8 Å². The minimum Gasteiger partial charge on any atom is -0.481 e. The highest BCUT2D eigenvalue weighted by molar-refractivity contribution is 6.03. The molecule has 0 aliphatic heterocycles. The second-order valence-corrected chi connectivity index (χ2v) is 6.19. The lowest BCUT2D eigenvalue weighted by Gasteiger charge is -2.26. The van der Waals surface area contributed by atoms with Crippen molar-refractivity contribution in [1.29, 1.82) is 0 Å². The Labute approximate surface area is 149 Å². The number of amides is 1. The first kappa shape index (κ1) is 17.7. The smallest absolute Gasteiger partial charge is 0.364 e. The topological polar surface area (TPSA) is 121 Å². The van der Waals surface area contributed by atoms with Crippen molar-refractivity contribution in [1.82, 2.24) is 15.3 Å². The molecule has 0 saturated heterocycles. The number of benzene rings is 1. The summed E-state index contributed by atoms with van der Waals surface area (Å²) < 4.78 is 5.21. The molecule has 1 aliphatic rings. The molecule has 8 nitrogen and oxygen atoms in total. The van der Waals surface area contributed by atoms with Gasteiger partial charge in [-0.1, -0.05) is 18.2 Å². The zero-order valence-electron chi connectivity index (χ0n) is 14.0. The first-order valence-electron chi connectivity index (χ1n) is 8.39. The Morgan fingerprint density at radius 2 is 1.81 bits per heavy atom. The first-order chi connectivity index (χ1) is 12.5. The van der Waals surface area contributed by atoms with Gasteiger partial charge < -0.3 is 20.1 Å². The zero-order chi connectivity index (χ0) is 18.5. The van der Waals surface area contributed by atoms with E-state index in [1.54, 1.807) is 30.3 Å². The molecule has 8 heteroatoms. The molecule has 0 unspecified atom stereocenters. The number of aromatic nitrogens is 2. The van der Waals surface area contributed by atoms with Crippen LogP contribution in [0.3, 0.4) is 0 Å². The van der Waals surface area contributed by atoms with Gasteiger partial charge in [0, 0.05) is 6.04 Å². The second-order valence-electron chi connectivity index (χ2n) is 6.19. The van der Waals surface area contributed by atoms with Crippen LogP contribution in [0.5, 0.6) is 5.75 Å². The lowest BCUT2D eigenvalue weighted by Crippen LogP contribution is -2.39. The van der Waals surface area contributed by atoms with Crippen LogP contribution in [0.2, 0.25) is 0 Å². The highest BCUT2D eigenvalue weighted by atomic mass is 16.5. The highest BCUT2D eigenvalue weighted by Crippen LogP contribution is 2.24. The van der Waals surface area contributed by atoms with Crippen LogP contribution >= 0.6 is 0 Å². The third-order valence-electron chi connectivity index (χ3n) is 4.43. The summed E-state index contributed by atoms with van der Waals surface area (Å²) in [6.45, 7) is 0. The van der Waals surface area contributed by atoms with Crippen molar-refractivity contribution < 1.29 is 24.2 Å². The maximum Gasteiger partial charge on any atom is 0.364 e. The Hall–Kier alpha value is -3.16. The third-order valence-corrected chi connectivity index (χ3v) is 4.43. The Morgan fingerprint density at radius 1 is 1.12 bits per heavy atom. The molecule has 1 amide bonds. The molecule has 0 bridgehead atoms. The highest BCUT2D eigenvalue weighted by Gasteiger charge is 2.29. The molecule has 1 saturated carbocycles. The van der Waals surface area contributed by atoms with Crippen molar-refractivity contribution in [2.75, 3.05) is 0 Å². The number of carboxylic acids is 1. The maximum atomic E-state index is 12.5. The standard InChI is InChI=1S/C18H19N3O5/c22-16(21-12-8-6-11(7-9-12)17(23)24)14-15(20-10-19-14)18(25)26-13-4-2-1-3-5-13/h1-5,10-12H,6-9H2,(H,19,20)(H,21,22)(H,23,24). The van der Waals surface area contributed by atoms with E-state index in [4.69, 9.17) is 9.84 Å². The molecule has 1 aromatic heterocycles. The van der Waals surface area contributed by atoms with Crippen LogP contribution in [0.1, 0.15) is 46.7 Å². The summed E-state index contributed by atoms with van der Waals surface area (Å²) in [5.74, 6) is -1.97. The van der Waals surface area contributed by atoms with Crippen LogP contribution in [0.4, 0.5) is 0 Å². The van der Waals surface area contributed by atoms with Gasteiger partial charge in [0.25, 0.3) is 5.91 Å². The van der Waals surface area contributed by atoms with Gasteiger partial charge >= 0.3 is 11.9 Å². The molecule has 0 atom stereocenters. The molecular formula is C18H19N3O5. The third kappa shape index (κ3) is 4.08. The molecule has 136 valence electrons. The summed E-state index contributed by atoms with van der Waals surface area (Å²) in [6.07, 6.45) is 3.47. The Kier molecular flexibility index (Phi) is 5.31. The fraction of sp³-hybridized carbons (Fsp3) is 0.333. The lowest BCUT2D eigenvalue weighted by molar-refractivity contribution is -0.142. The van der Waals surface area contributed by atoms with Gasteiger partial charge in [0.15, 0.2) is 5.69 Å². The summed E-state index contributed by atoms with van der Waals surface area (Å²) in [5, 5.41) is 11.9. The average Bonchev–Trinajstić information content (AvgIpc) is 3.13. The van der Waals surface area contributed by atoms with Crippen LogP contribution in [-0.4, -0.2) is 39.0 Å². The molecule has 1 fully saturated rings. The van der Waals surface area contributed by atoms with Gasteiger partial charge in [0.2, 0.25) is 0 Å². The number of hydrogen-bond donors (Lipinski definition) is 3. The van der Waals surface area contributed by atoms with Crippen LogP contribution in [-0.2, 0) is 4.79 Å². The fourth-order valence-electron chi connectivity index (χ4n) is 3.01. The summed E-state index contributed by atoms with van der Waals surface area (Å²) in [4.78, 5) is 42.3. The molecule has 3 rings (SSSR count). The molecule has 1 aromatic carbocycles. The van der Waals surface area contributed by atoms with Gasteiger partial charge in [-0.05, 0) is 37.8 Å². The number of imidazole rings is 1. The number of rotatable bonds is 5. The number of ether oxygens (including phenoxy) is 1. The van der Waals surface area contributed by atoms with Gasteiger partial charge in [-0.3, -0.25) is 9.59 Å². The molecule has 26 heavy (non-hydrogen) atoms. The summed E-state index contributed by atoms with van der Waals surface area (Å²) in [5.41, 5.74) is -0.0585. The molecule has 0 spiro atoms. The minimum atomic E-state index is -0.797. The number of H-pyrrole nitrogens is 1. The van der Waals surface area contributed by atoms with Gasteiger partial charge in [0.1, 0.15) is 11.4 Å². The SMILES string of the molecule is O=C(Oc1ccccc1)c1nc[nH]c1C(=O)NC1CCC(C(=O)O)CC1. The Bertz CT molecular complexity index is 794. The predicted octanol–water partition coefficient (Wildman–Crippen LogP) is 2.00. The number of esters is 1. The Balaban J connectivity index is 1.62. The van der Waals surface area contributed by atoms with E-state index in [2.05, 4.69) is 15.3 Å². The van der Waals surface area contributed by atoms with E-state index in [1.807, 2.05) is 0 Å². The van der Waals surface area contributed by atoms with E-state index in [0.29, 0.717) is 31.4 Å². The van der Waals surface area contributed by atoms with Crippen molar-refractivity contribution in [2.24, 2.45) is 5.92 Å². The number of carboxylic acid groups (broad SMARTS) is 1. The molecular weight excluding hydrogens is 338 g/mol. The number of para-hydroxylation sites is 1. The number of carbonyl (C=O) groups is 3. The molecule has 2 aromatic rings. The van der Waals surface area contributed by atoms with Gasteiger partial charge in [-0.2, -0.15) is 0 Å². The number of hydrogen-bond acceptors (Lipinski definition) is 5. The number of carbonyl (C=O) groups excluding carboxylic acids is 2. The maximum absolute atomic E-state index is 12.5. The normalized spacial score (nSPS) is 19.5. The van der Waals surface area contributed by atoms with Crippen LogP contribution in [0, 0.1) is 5.92 Å². The van der Waals surface area contributed by atoms with Crippen molar-refractivity contribution >= 4 is 17.8 Å². The predicted molar refractivity (Wildman–Crippen MR) is 90.8 cm³/mol. The van der Waals surface area contributed by atoms with E-state index in [-0.39, 0.29) is 23.3 Å². The van der Waals surface area contributed by atoms with Gasteiger partial charge in [-0.25, -0.2) is 9.78 Å². The van der Waals surface area contributed by atoms with Crippen LogP contribution in [0.25, 0.3) is 0 Å². The number of aliphatic carboxylic acids is 1. The van der Waals surface area contributed by atoms with E-state index in [9.17, 15) is 14.4 Å². The van der Waals surface area contributed by atoms with Crippen molar-refractivity contribution in [3.8, 4) is 5.75 Å². The lowest BCUT2D eigenvalue weighted by atomic mass is 9.86. The Morgan fingerprint density at radius 3 is 2.46 bits per heavy atom. The monoisotopic (exact) mass is 357 g/mol. The van der Waals surface area contributed by atoms with E-state index in [0.717, 1.165) is 0 Å². The number of aromatic amines is 1. The van der Waals surface area contributed by atoms with Gasteiger partial charge in [0.05, 0.1) is 12.2 Å². The minimum absolute atomic E-state index is 0.0336. The van der Waals surface area contributed by atoms with Crippen LogP contribution < -0.4 is 10.1 Å². The van der Waals surface area contributed by atoms with E-state index in [1.165, 1.54) is 6.33 Å².